The first kappa shape index (κ1) is 14.9. The first-order valence-electron chi connectivity index (χ1n) is 6.86. The van der Waals surface area contributed by atoms with Crippen molar-refractivity contribution in [2.24, 2.45) is 0 Å². The predicted octanol–water partition coefficient (Wildman–Crippen LogP) is 4.53. The summed E-state index contributed by atoms with van der Waals surface area (Å²) in [5.74, 6) is 0.0720. The molecule has 0 N–H and O–H groups in total. The summed E-state index contributed by atoms with van der Waals surface area (Å²) in [4.78, 5) is 16.1. The van der Waals surface area contributed by atoms with Gasteiger partial charge in [-0.15, -0.1) is 0 Å². The van der Waals surface area contributed by atoms with Crippen molar-refractivity contribution in [3.05, 3.63) is 65.0 Å². The van der Waals surface area contributed by atoms with Crippen LogP contribution in [0.1, 0.15) is 45.7 Å². The van der Waals surface area contributed by atoms with Gasteiger partial charge in [0.25, 0.3) is 0 Å². The Bertz CT molecular complexity index is 573. The van der Waals surface area contributed by atoms with Gasteiger partial charge in [0.1, 0.15) is 4.83 Å². The van der Waals surface area contributed by atoms with Crippen molar-refractivity contribution in [3.63, 3.8) is 0 Å². The van der Waals surface area contributed by atoms with E-state index < -0.39 is 0 Å². The van der Waals surface area contributed by atoms with E-state index in [1.807, 2.05) is 0 Å². The topological polar surface area (TPSA) is 30.0 Å². The fourth-order valence-electron chi connectivity index (χ4n) is 2.16. The Labute approximate surface area is 128 Å². The molecule has 1 aromatic carbocycles. The highest BCUT2D eigenvalue weighted by atomic mass is 79.9. The van der Waals surface area contributed by atoms with Crippen LogP contribution in [0.25, 0.3) is 0 Å². The number of pyridine rings is 1. The van der Waals surface area contributed by atoms with Crippen LogP contribution in [-0.4, -0.2) is 10.8 Å². The number of halogens is 1. The average Bonchev–Trinajstić information content (AvgIpc) is 2.53. The van der Waals surface area contributed by atoms with Crippen molar-refractivity contribution in [2.75, 3.05) is 0 Å². The number of carbonyl (C=O) groups excluding carboxylic acids is 1. The number of alkyl halides is 1. The lowest BCUT2D eigenvalue weighted by Gasteiger charge is -2.13. The van der Waals surface area contributed by atoms with Gasteiger partial charge in [-0.1, -0.05) is 48.0 Å². The Kier molecular flexibility index (Phi) is 5.07. The number of nitrogens with zero attached hydrogens (tertiary/aromatic N) is 1. The largest absolute Gasteiger partial charge is 0.293 e. The van der Waals surface area contributed by atoms with Gasteiger partial charge in [-0.3, -0.25) is 9.78 Å². The smallest absolute Gasteiger partial charge is 0.181 e. The summed E-state index contributed by atoms with van der Waals surface area (Å²) in [5, 5.41) is 0. The van der Waals surface area contributed by atoms with Gasteiger partial charge in [0, 0.05) is 18.0 Å². The number of hydrogen-bond acceptors (Lipinski definition) is 2. The molecule has 1 atom stereocenters. The number of aromatic nitrogens is 1. The van der Waals surface area contributed by atoms with E-state index in [2.05, 4.69) is 53.0 Å². The molecule has 1 unspecified atom stereocenters. The lowest BCUT2D eigenvalue weighted by Crippen LogP contribution is -2.08. The summed E-state index contributed by atoms with van der Waals surface area (Å²) in [6.45, 7) is 4.26. The normalized spacial score (nSPS) is 12.2. The molecular weight excluding hydrogens is 314 g/mol. The SMILES string of the molecule is CCc1cc(CC)cc(C(Br)C(=O)c2ccncc2)c1. The third-order valence-electron chi connectivity index (χ3n) is 3.38. The molecule has 0 saturated carbocycles. The maximum atomic E-state index is 12.5. The second kappa shape index (κ2) is 6.80. The summed E-state index contributed by atoms with van der Waals surface area (Å²) < 4.78 is 0. The van der Waals surface area contributed by atoms with Gasteiger partial charge in [-0.05, 0) is 41.7 Å². The Balaban J connectivity index is 2.33. The predicted molar refractivity (Wildman–Crippen MR) is 85.4 cm³/mol. The molecular formula is C17H18BrNO. The van der Waals surface area contributed by atoms with Crippen LogP contribution in [0.4, 0.5) is 0 Å². The molecule has 3 heteroatoms. The van der Waals surface area contributed by atoms with Gasteiger partial charge in [0.15, 0.2) is 5.78 Å². The summed E-state index contributed by atoms with van der Waals surface area (Å²) >= 11 is 3.54. The van der Waals surface area contributed by atoms with Crippen molar-refractivity contribution in [2.45, 2.75) is 31.5 Å². The van der Waals surface area contributed by atoms with E-state index in [1.54, 1.807) is 24.5 Å². The van der Waals surface area contributed by atoms with Crippen molar-refractivity contribution in [3.8, 4) is 0 Å². The van der Waals surface area contributed by atoms with Crippen molar-refractivity contribution in [1.82, 2.24) is 4.98 Å². The Morgan fingerprint density at radius 2 is 1.65 bits per heavy atom. The zero-order valence-corrected chi connectivity index (χ0v) is 13.4. The van der Waals surface area contributed by atoms with Crippen LogP contribution in [0.15, 0.2) is 42.7 Å². The van der Waals surface area contributed by atoms with Crippen LogP contribution in [0.5, 0.6) is 0 Å². The average molecular weight is 332 g/mol. The molecule has 2 aromatic rings. The van der Waals surface area contributed by atoms with Gasteiger partial charge >= 0.3 is 0 Å². The third-order valence-corrected chi connectivity index (χ3v) is 4.32. The zero-order valence-electron chi connectivity index (χ0n) is 11.8. The third kappa shape index (κ3) is 3.34. The minimum absolute atomic E-state index is 0.0720. The van der Waals surface area contributed by atoms with E-state index in [0.717, 1.165) is 18.4 Å². The van der Waals surface area contributed by atoms with Crippen LogP contribution in [0.3, 0.4) is 0 Å². The summed E-state index contributed by atoms with van der Waals surface area (Å²) in [5.41, 5.74) is 4.25. The first-order chi connectivity index (χ1) is 9.65. The van der Waals surface area contributed by atoms with Crippen LogP contribution in [-0.2, 0) is 12.8 Å². The van der Waals surface area contributed by atoms with Crippen LogP contribution < -0.4 is 0 Å². The minimum Gasteiger partial charge on any atom is -0.293 e. The van der Waals surface area contributed by atoms with Crippen molar-refractivity contribution >= 4 is 21.7 Å². The molecule has 0 amide bonds. The standard InChI is InChI=1S/C17H18BrNO/c1-3-12-9-13(4-2)11-15(10-12)16(18)17(20)14-5-7-19-8-6-14/h5-11,16H,3-4H2,1-2H3. The highest BCUT2D eigenvalue weighted by Gasteiger charge is 2.19. The number of rotatable bonds is 5. The Morgan fingerprint density at radius 1 is 1.10 bits per heavy atom. The minimum atomic E-state index is -0.304. The highest BCUT2D eigenvalue weighted by molar-refractivity contribution is 9.09. The zero-order chi connectivity index (χ0) is 14.5. The maximum Gasteiger partial charge on any atom is 0.181 e. The summed E-state index contributed by atoms with van der Waals surface area (Å²) in [6.07, 6.45) is 5.24. The van der Waals surface area contributed by atoms with Gasteiger partial charge in [-0.2, -0.15) is 0 Å². The second-order valence-electron chi connectivity index (χ2n) is 4.75. The lowest BCUT2D eigenvalue weighted by molar-refractivity contribution is 0.0991. The molecule has 104 valence electrons. The quantitative estimate of drug-likeness (QED) is 0.595. The Hall–Kier alpha value is -1.48. The summed E-state index contributed by atoms with van der Waals surface area (Å²) in [6, 6.07) is 9.93. The monoisotopic (exact) mass is 331 g/mol. The van der Waals surface area contributed by atoms with E-state index in [4.69, 9.17) is 0 Å². The molecule has 0 fully saturated rings. The van der Waals surface area contributed by atoms with Crippen LogP contribution >= 0.6 is 15.9 Å². The fourth-order valence-corrected chi connectivity index (χ4v) is 2.69. The number of ketones is 1. The van der Waals surface area contributed by atoms with Crippen LogP contribution in [0.2, 0.25) is 0 Å². The van der Waals surface area contributed by atoms with E-state index in [1.165, 1.54) is 11.1 Å². The maximum absolute atomic E-state index is 12.5. The number of carbonyl (C=O) groups is 1. The second-order valence-corrected chi connectivity index (χ2v) is 5.67. The first-order valence-corrected chi connectivity index (χ1v) is 7.78. The fraction of sp³-hybridized carbons (Fsp3) is 0.294. The highest BCUT2D eigenvalue weighted by Crippen LogP contribution is 2.29. The van der Waals surface area contributed by atoms with Gasteiger partial charge in [-0.25, -0.2) is 0 Å². The summed E-state index contributed by atoms with van der Waals surface area (Å²) in [7, 11) is 0. The molecule has 0 aliphatic rings. The van der Waals surface area contributed by atoms with E-state index in [9.17, 15) is 4.79 Å². The van der Waals surface area contributed by atoms with Crippen LogP contribution in [0, 0.1) is 0 Å². The molecule has 0 aliphatic heterocycles. The van der Waals surface area contributed by atoms with Gasteiger partial charge < -0.3 is 0 Å². The molecule has 0 bridgehead atoms. The molecule has 2 nitrogen and oxygen atoms in total. The molecule has 0 spiro atoms. The number of hydrogen-bond donors (Lipinski definition) is 0. The molecule has 0 saturated heterocycles. The molecule has 20 heavy (non-hydrogen) atoms. The van der Waals surface area contributed by atoms with E-state index >= 15 is 0 Å². The lowest BCUT2D eigenvalue weighted by atomic mass is 9.97. The number of aryl methyl sites for hydroxylation is 2. The molecule has 2 rings (SSSR count). The number of Topliss-reactive ketones (excluding diaryl/α,β-unsaturated/α-hetero) is 1. The molecule has 0 aliphatic carbocycles. The molecule has 0 radical (unpaired) electrons. The Morgan fingerprint density at radius 3 is 2.15 bits per heavy atom. The molecule has 1 heterocycles. The van der Waals surface area contributed by atoms with Gasteiger partial charge in [0.2, 0.25) is 0 Å². The van der Waals surface area contributed by atoms with E-state index in [0.29, 0.717) is 5.56 Å². The van der Waals surface area contributed by atoms with Crippen molar-refractivity contribution < 1.29 is 4.79 Å². The van der Waals surface area contributed by atoms with Gasteiger partial charge in [0.05, 0.1) is 0 Å². The van der Waals surface area contributed by atoms with E-state index in [-0.39, 0.29) is 10.6 Å². The number of benzene rings is 1. The van der Waals surface area contributed by atoms with Crippen molar-refractivity contribution in [1.29, 1.82) is 0 Å². The molecule has 1 aromatic heterocycles.